The molecule has 1 aromatic carbocycles. The fourth-order valence-electron chi connectivity index (χ4n) is 4.00. The largest absolute Gasteiger partial charge is 0.492 e. The predicted octanol–water partition coefficient (Wildman–Crippen LogP) is 2.86. The number of carbonyl (C=O) groups is 3. The lowest BCUT2D eigenvalue weighted by atomic mass is 9.85. The number of allylic oxidation sites excluding steroid dienone is 2. The molecule has 3 atom stereocenters. The number of hydrogen-bond donors (Lipinski definition) is 1. The second-order valence-electron chi connectivity index (χ2n) is 8.30. The highest BCUT2D eigenvalue weighted by Gasteiger charge is 2.51. The van der Waals surface area contributed by atoms with Crippen LogP contribution >= 0.6 is 0 Å². The average molecular weight is 399 g/mol. The summed E-state index contributed by atoms with van der Waals surface area (Å²) in [6, 6.07) is 6.93. The van der Waals surface area contributed by atoms with Crippen LogP contribution in [0.25, 0.3) is 0 Å². The third-order valence-corrected chi connectivity index (χ3v) is 5.54. The van der Waals surface area contributed by atoms with Crippen molar-refractivity contribution in [2.24, 2.45) is 17.8 Å². The van der Waals surface area contributed by atoms with Gasteiger partial charge in [-0.1, -0.05) is 43.7 Å². The van der Waals surface area contributed by atoms with Crippen LogP contribution in [-0.4, -0.2) is 41.8 Å². The maximum atomic E-state index is 12.9. The first-order valence-electron chi connectivity index (χ1n) is 10.4. The van der Waals surface area contributed by atoms with E-state index in [1.807, 2.05) is 57.2 Å². The second-order valence-corrected chi connectivity index (χ2v) is 8.30. The summed E-state index contributed by atoms with van der Waals surface area (Å²) in [7, 11) is 0. The fraction of sp³-hybridized carbons (Fsp3) is 0.522. The summed E-state index contributed by atoms with van der Waals surface area (Å²) in [5.74, 6) is -0.428. The van der Waals surface area contributed by atoms with Gasteiger partial charge in [-0.3, -0.25) is 19.3 Å². The van der Waals surface area contributed by atoms with Gasteiger partial charge in [-0.2, -0.15) is 0 Å². The Bertz CT molecular complexity index is 759. The summed E-state index contributed by atoms with van der Waals surface area (Å²) in [6.45, 7) is 6.61. The van der Waals surface area contributed by atoms with Crippen LogP contribution in [0.4, 0.5) is 0 Å². The molecule has 1 saturated heterocycles. The SMILES string of the molecule is Cc1ccc(OCCNC(=O)C(CC(C)C)N2C(=O)C3CC=CCC3C2=O)cc1. The van der Waals surface area contributed by atoms with Crippen molar-refractivity contribution in [1.29, 1.82) is 0 Å². The Balaban J connectivity index is 1.60. The Morgan fingerprint density at radius 1 is 1.10 bits per heavy atom. The number of hydrogen-bond acceptors (Lipinski definition) is 4. The van der Waals surface area contributed by atoms with Crippen molar-refractivity contribution >= 4 is 17.7 Å². The zero-order chi connectivity index (χ0) is 21.0. The number of amides is 3. The van der Waals surface area contributed by atoms with Crippen molar-refractivity contribution in [2.75, 3.05) is 13.2 Å². The van der Waals surface area contributed by atoms with Crippen LogP contribution in [0, 0.1) is 24.7 Å². The Morgan fingerprint density at radius 3 is 2.24 bits per heavy atom. The number of ether oxygens (including phenoxy) is 1. The number of fused-ring (bicyclic) bond motifs is 1. The predicted molar refractivity (Wildman–Crippen MR) is 110 cm³/mol. The first-order valence-corrected chi connectivity index (χ1v) is 10.4. The summed E-state index contributed by atoms with van der Waals surface area (Å²) < 4.78 is 5.65. The van der Waals surface area contributed by atoms with E-state index in [4.69, 9.17) is 4.74 Å². The third kappa shape index (κ3) is 4.86. The van der Waals surface area contributed by atoms with E-state index in [1.54, 1.807) is 0 Å². The minimum Gasteiger partial charge on any atom is -0.492 e. The number of aryl methyl sites for hydroxylation is 1. The number of likely N-dealkylation sites (tertiary alicyclic amines) is 1. The molecule has 29 heavy (non-hydrogen) atoms. The minimum atomic E-state index is -0.764. The molecule has 0 radical (unpaired) electrons. The molecule has 3 rings (SSSR count). The summed E-state index contributed by atoms with van der Waals surface area (Å²) in [5.41, 5.74) is 1.15. The fourth-order valence-corrected chi connectivity index (χ4v) is 4.00. The minimum absolute atomic E-state index is 0.177. The first-order chi connectivity index (χ1) is 13.9. The molecule has 0 bridgehead atoms. The van der Waals surface area contributed by atoms with E-state index >= 15 is 0 Å². The van der Waals surface area contributed by atoms with Crippen LogP contribution in [0.15, 0.2) is 36.4 Å². The van der Waals surface area contributed by atoms with Gasteiger partial charge in [0.1, 0.15) is 18.4 Å². The van der Waals surface area contributed by atoms with Gasteiger partial charge in [-0.25, -0.2) is 0 Å². The highest BCUT2D eigenvalue weighted by molar-refractivity contribution is 6.08. The Hall–Kier alpha value is -2.63. The van der Waals surface area contributed by atoms with Gasteiger partial charge in [0.15, 0.2) is 0 Å². The van der Waals surface area contributed by atoms with Crippen molar-refractivity contribution in [2.45, 2.75) is 46.1 Å². The molecule has 0 saturated carbocycles. The number of carbonyl (C=O) groups excluding carboxylic acids is 3. The molecule has 1 aliphatic carbocycles. The van der Waals surface area contributed by atoms with Gasteiger partial charge in [0, 0.05) is 0 Å². The molecular weight excluding hydrogens is 368 g/mol. The lowest BCUT2D eigenvalue weighted by Crippen LogP contribution is -2.51. The molecule has 1 heterocycles. The van der Waals surface area contributed by atoms with Gasteiger partial charge in [-0.05, 0) is 44.2 Å². The number of rotatable bonds is 8. The number of nitrogens with one attached hydrogen (secondary N) is 1. The molecular formula is C23H30N2O4. The van der Waals surface area contributed by atoms with Gasteiger partial charge in [0.25, 0.3) is 0 Å². The summed E-state index contributed by atoms with van der Waals surface area (Å²) in [6.07, 6.45) is 5.51. The van der Waals surface area contributed by atoms with Gasteiger partial charge in [0.05, 0.1) is 18.4 Å². The van der Waals surface area contributed by atoms with Crippen LogP contribution in [-0.2, 0) is 14.4 Å². The topological polar surface area (TPSA) is 75.7 Å². The molecule has 6 heteroatoms. The van der Waals surface area contributed by atoms with Crippen LogP contribution in [0.1, 0.15) is 38.7 Å². The molecule has 1 aliphatic heterocycles. The highest BCUT2D eigenvalue weighted by Crippen LogP contribution is 2.37. The van der Waals surface area contributed by atoms with E-state index in [0.29, 0.717) is 32.4 Å². The van der Waals surface area contributed by atoms with Crippen LogP contribution in [0.3, 0.4) is 0 Å². The molecule has 1 fully saturated rings. The van der Waals surface area contributed by atoms with Crippen LogP contribution in [0.5, 0.6) is 5.75 Å². The van der Waals surface area contributed by atoms with E-state index in [0.717, 1.165) is 11.3 Å². The first kappa shape index (κ1) is 21.1. The Kier molecular flexibility index (Phi) is 6.72. The van der Waals surface area contributed by atoms with E-state index < -0.39 is 6.04 Å². The molecule has 3 unspecified atom stereocenters. The number of benzene rings is 1. The second kappa shape index (κ2) is 9.25. The lowest BCUT2D eigenvalue weighted by molar-refractivity contribution is -0.148. The number of nitrogens with zero attached hydrogens (tertiary/aromatic N) is 1. The molecule has 156 valence electrons. The zero-order valence-corrected chi connectivity index (χ0v) is 17.4. The monoisotopic (exact) mass is 398 g/mol. The maximum absolute atomic E-state index is 12.9. The van der Waals surface area contributed by atoms with E-state index in [1.165, 1.54) is 4.90 Å². The molecule has 1 aromatic rings. The summed E-state index contributed by atoms with van der Waals surface area (Å²) in [4.78, 5) is 39.9. The van der Waals surface area contributed by atoms with Crippen LogP contribution in [0.2, 0.25) is 0 Å². The quantitative estimate of drug-likeness (QED) is 0.415. The summed E-state index contributed by atoms with van der Waals surface area (Å²) in [5, 5.41) is 2.84. The zero-order valence-electron chi connectivity index (χ0n) is 17.4. The van der Waals surface area contributed by atoms with Crippen molar-refractivity contribution in [3.63, 3.8) is 0 Å². The van der Waals surface area contributed by atoms with Gasteiger partial charge in [-0.15, -0.1) is 0 Å². The Morgan fingerprint density at radius 2 is 1.69 bits per heavy atom. The maximum Gasteiger partial charge on any atom is 0.243 e. The molecule has 6 nitrogen and oxygen atoms in total. The van der Waals surface area contributed by atoms with Crippen molar-refractivity contribution in [3.8, 4) is 5.75 Å². The van der Waals surface area contributed by atoms with E-state index in [2.05, 4.69) is 5.32 Å². The smallest absolute Gasteiger partial charge is 0.243 e. The van der Waals surface area contributed by atoms with Crippen molar-refractivity contribution in [1.82, 2.24) is 10.2 Å². The molecule has 0 aromatic heterocycles. The van der Waals surface area contributed by atoms with Crippen molar-refractivity contribution < 1.29 is 19.1 Å². The van der Waals surface area contributed by atoms with Gasteiger partial charge >= 0.3 is 0 Å². The van der Waals surface area contributed by atoms with E-state index in [9.17, 15) is 14.4 Å². The summed E-state index contributed by atoms with van der Waals surface area (Å²) >= 11 is 0. The standard InChI is InChI=1S/C23H30N2O4/c1-15(2)14-20(25-22(27)18-6-4-5-7-19(18)23(25)28)21(26)24-12-13-29-17-10-8-16(3)9-11-17/h4-5,8-11,15,18-20H,6-7,12-14H2,1-3H3,(H,24,26). The highest BCUT2D eigenvalue weighted by atomic mass is 16.5. The number of imide groups is 1. The molecule has 0 spiro atoms. The van der Waals surface area contributed by atoms with Crippen LogP contribution < -0.4 is 10.1 Å². The van der Waals surface area contributed by atoms with E-state index in [-0.39, 0.29) is 35.5 Å². The third-order valence-electron chi connectivity index (χ3n) is 5.54. The normalized spacial score (nSPS) is 22.0. The molecule has 3 amide bonds. The lowest BCUT2D eigenvalue weighted by Gasteiger charge is -2.27. The average Bonchev–Trinajstić information content (AvgIpc) is 2.95. The van der Waals surface area contributed by atoms with Gasteiger partial charge < -0.3 is 10.1 Å². The molecule has 2 aliphatic rings. The van der Waals surface area contributed by atoms with Crippen molar-refractivity contribution in [3.05, 3.63) is 42.0 Å². The molecule has 1 N–H and O–H groups in total. The Labute approximate surface area is 172 Å². The van der Waals surface area contributed by atoms with Gasteiger partial charge in [0.2, 0.25) is 17.7 Å².